The van der Waals surface area contributed by atoms with E-state index >= 15 is 0 Å². The second-order valence-electron chi connectivity index (χ2n) is 6.58. The van der Waals surface area contributed by atoms with Gasteiger partial charge in [-0.1, -0.05) is 49.4 Å². The Bertz CT molecular complexity index is 913. The van der Waals surface area contributed by atoms with Gasteiger partial charge < -0.3 is 19.9 Å². The third kappa shape index (κ3) is 7.33. The van der Waals surface area contributed by atoms with Gasteiger partial charge in [0.15, 0.2) is 5.96 Å². The van der Waals surface area contributed by atoms with Gasteiger partial charge in [-0.15, -0.1) is 34.2 Å². The van der Waals surface area contributed by atoms with Gasteiger partial charge >= 0.3 is 0 Å². The van der Waals surface area contributed by atoms with Gasteiger partial charge in [0.05, 0.1) is 13.7 Å². The van der Waals surface area contributed by atoms with Crippen LogP contribution in [0.3, 0.4) is 0 Å². The van der Waals surface area contributed by atoms with Crippen LogP contribution in [0, 0.1) is 0 Å². The number of aliphatic imine (C=N–C) groups is 1. The van der Waals surface area contributed by atoms with Gasteiger partial charge in [-0.2, -0.15) is 0 Å². The van der Waals surface area contributed by atoms with Crippen LogP contribution in [0.5, 0.6) is 5.75 Å². The lowest BCUT2D eigenvalue weighted by atomic mass is 10.2. The number of nitrogens with one attached hydrogen (secondary N) is 2. The summed E-state index contributed by atoms with van der Waals surface area (Å²) >= 11 is 0. The van der Waals surface area contributed by atoms with Crippen LogP contribution in [0.25, 0.3) is 0 Å². The van der Waals surface area contributed by atoms with Crippen LogP contribution >= 0.6 is 24.0 Å². The molecule has 7 nitrogen and oxygen atoms in total. The van der Waals surface area contributed by atoms with E-state index in [1.807, 2.05) is 42.5 Å². The molecule has 0 fully saturated rings. The molecule has 1 heterocycles. The zero-order valence-corrected chi connectivity index (χ0v) is 19.7. The second kappa shape index (κ2) is 12.8. The predicted octanol–water partition coefficient (Wildman–Crippen LogP) is 3.40. The predicted molar refractivity (Wildman–Crippen MR) is 130 cm³/mol. The molecular weight excluding hydrogens is 491 g/mol. The van der Waals surface area contributed by atoms with E-state index in [4.69, 9.17) is 9.73 Å². The van der Waals surface area contributed by atoms with Gasteiger partial charge in [-0.25, -0.2) is 4.99 Å². The molecule has 0 aliphatic carbocycles. The molecule has 0 spiro atoms. The molecule has 3 aromatic rings. The molecule has 0 saturated heterocycles. The van der Waals surface area contributed by atoms with Gasteiger partial charge in [0.25, 0.3) is 0 Å². The molecule has 0 bridgehead atoms. The highest BCUT2D eigenvalue weighted by Crippen LogP contribution is 2.13. The summed E-state index contributed by atoms with van der Waals surface area (Å²) in [5.74, 6) is 2.59. The van der Waals surface area contributed by atoms with Crippen LogP contribution in [0.2, 0.25) is 0 Å². The largest absolute Gasteiger partial charge is 0.497 e. The molecule has 0 amide bonds. The molecule has 0 aliphatic heterocycles. The molecule has 3 rings (SSSR count). The number of aryl methyl sites for hydroxylation is 1. The Hall–Kier alpha value is -2.62. The first-order chi connectivity index (χ1) is 14.3. The van der Waals surface area contributed by atoms with E-state index in [-0.39, 0.29) is 24.0 Å². The highest BCUT2D eigenvalue weighted by molar-refractivity contribution is 14.0. The molecule has 160 valence electrons. The fraction of sp³-hybridized carbons (Fsp3) is 0.318. The minimum atomic E-state index is 0. The molecule has 0 atom stereocenters. The molecule has 2 N–H and O–H groups in total. The van der Waals surface area contributed by atoms with E-state index in [0.29, 0.717) is 13.1 Å². The normalized spacial score (nSPS) is 10.9. The zero-order valence-electron chi connectivity index (χ0n) is 17.4. The average Bonchev–Trinajstić information content (AvgIpc) is 3.23. The van der Waals surface area contributed by atoms with E-state index in [0.717, 1.165) is 42.6 Å². The first-order valence-corrected chi connectivity index (χ1v) is 9.84. The molecule has 0 saturated carbocycles. The summed E-state index contributed by atoms with van der Waals surface area (Å²) in [6.45, 7) is 4.85. The number of ether oxygens (including phenoxy) is 1. The monoisotopic (exact) mass is 520 g/mol. The number of nitrogens with zero attached hydrogens (tertiary/aromatic N) is 4. The van der Waals surface area contributed by atoms with Gasteiger partial charge in [0.2, 0.25) is 0 Å². The zero-order chi connectivity index (χ0) is 20.3. The lowest BCUT2D eigenvalue weighted by Gasteiger charge is -2.14. The van der Waals surface area contributed by atoms with Crippen LogP contribution < -0.4 is 15.4 Å². The number of aromatic nitrogens is 3. The van der Waals surface area contributed by atoms with Crippen LogP contribution in [0.1, 0.15) is 23.9 Å². The molecule has 8 heteroatoms. The number of methoxy groups -OCH3 is 1. The molecule has 0 radical (unpaired) electrons. The molecule has 2 aromatic carbocycles. The van der Waals surface area contributed by atoms with Crippen molar-refractivity contribution in [1.82, 2.24) is 25.4 Å². The Morgan fingerprint density at radius 1 is 1.07 bits per heavy atom. The summed E-state index contributed by atoms with van der Waals surface area (Å²) in [6.07, 6.45) is 2.63. The summed E-state index contributed by atoms with van der Waals surface area (Å²) < 4.78 is 7.36. The highest BCUT2D eigenvalue weighted by atomic mass is 127. The van der Waals surface area contributed by atoms with Crippen molar-refractivity contribution in [1.29, 1.82) is 0 Å². The van der Waals surface area contributed by atoms with Crippen LogP contribution in [-0.2, 0) is 26.1 Å². The van der Waals surface area contributed by atoms with Crippen molar-refractivity contribution in [2.24, 2.45) is 4.99 Å². The molecular formula is C22H29IN6O. The number of halogens is 1. The number of guanidine groups is 1. The van der Waals surface area contributed by atoms with Crippen molar-refractivity contribution in [3.63, 3.8) is 0 Å². The van der Waals surface area contributed by atoms with Crippen molar-refractivity contribution in [2.45, 2.75) is 33.0 Å². The second-order valence-corrected chi connectivity index (χ2v) is 6.58. The van der Waals surface area contributed by atoms with E-state index in [9.17, 15) is 0 Å². The van der Waals surface area contributed by atoms with Gasteiger partial charge in [0, 0.05) is 26.1 Å². The third-order valence-corrected chi connectivity index (χ3v) is 4.51. The summed E-state index contributed by atoms with van der Waals surface area (Å²) in [5.41, 5.74) is 2.30. The van der Waals surface area contributed by atoms with Crippen molar-refractivity contribution >= 4 is 29.9 Å². The number of hydrogen-bond acceptors (Lipinski definition) is 4. The van der Waals surface area contributed by atoms with Crippen LogP contribution in [0.4, 0.5) is 0 Å². The Labute approximate surface area is 195 Å². The van der Waals surface area contributed by atoms with E-state index in [2.05, 4.69) is 44.5 Å². The van der Waals surface area contributed by atoms with Gasteiger partial charge in [-0.05, 0) is 23.3 Å². The Balaban J connectivity index is 0.00000320. The summed E-state index contributed by atoms with van der Waals surface area (Å²) in [6, 6.07) is 18.2. The molecule has 0 unspecified atom stereocenters. The molecule has 1 aromatic heterocycles. The maximum absolute atomic E-state index is 5.30. The Kier molecular flexibility index (Phi) is 10.1. The standard InChI is InChI=1S/C22H28N6O.HI/c1-3-21-27-26-17-28(21)13-12-23-22(24-15-18-8-5-4-6-9-18)25-16-19-10-7-11-20(14-19)29-2;/h4-11,14,17H,3,12-13,15-16H2,1-2H3,(H2,23,24,25);1H. The van der Waals surface area contributed by atoms with Crippen LogP contribution in [-0.4, -0.2) is 34.4 Å². The first-order valence-electron chi connectivity index (χ1n) is 9.84. The summed E-state index contributed by atoms with van der Waals surface area (Å²) in [4.78, 5) is 4.74. The number of rotatable bonds is 9. The highest BCUT2D eigenvalue weighted by Gasteiger charge is 2.04. The minimum Gasteiger partial charge on any atom is -0.497 e. The number of hydrogen-bond donors (Lipinski definition) is 2. The van der Waals surface area contributed by atoms with Crippen LogP contribution in [0.15, 0.2) is 65.9 Å². The summed E-state index contributed by atoms with van der Waals surface area (Å²) in [7, 11) is 1.67. The lowest BCUT2D eigenvalue weighted by Crippen LogP contribution is -2.38. The average molecular weight is 520 g/mol. The Morgan fingerprint density at radius 3 is 2.63 bits per heavy atom. The molecule has 30 heavy (non-hydrogen) atoms. The fourth-order valence-corrected chi connectivity index (χ4v) is 2.93. The van der Waals surface area contributed by atoms with E-state index < -0.39 is 0 Å². The number of benzene rings is 2. The smallest absolute Gasteiger partial charge is 0.191 e. The first kappa shape index (κ1) is 23.7. The van der Waals surface area contributed by atoms with E-state index in [1.165, 1.54) is 5.56 Å². The summed E-state index contributed by atoms with van der Waals surface area (Å²) in [5, 5.41) is 14.9. The van der Waals surface area contributed by atoms with Gasteiger partial charge in [-0.3, -0.25) is 0 Å². The topological polar surface area (TPSA) is 76.4 Å². The van der Waals surface area contributed by atoms with Crippen molar-refractivity contribution < 1.29 is 4.74 Å². The quantitative estimate of drug-likeness (QED) is 0.257. The maximum Gasteiger partial charge on any atom is 0.191 e. The Morgan fingerprint density at radius 2 is 1.87 bits per heavy atom. The molecule has 0 aliphatic rings. The third-order valence-electron chi connectivity index (χ3n) is 4.51. The SMILES string of the molecule is CCc1nncn1CCNC(=NCc1cccc(OC)c1)NCc1ccccc1.I. The van der Waals surface area contributed by atoms with Gasteiger partial charge in [0.1, 0.15) is 17.9 Å². The van der Waals surface area contributed by atoms with E-state index in [1.54, 1.807) is 13.4 Å². The fourth-order valence-electron chi connectivity index (χ4n) is 2.93. The minimum absolute atomic E-state index is 0. The maximum atomic E-state index is 5.30. The lowest BCUT2D eigenvalue weighted by molar-refractivity contribution is 0.414. The van der Waals surface area contributed by atoms with Crippen molar-refractivity contribution in [3.05, 3.63) is 77.9 Å². The van der Waals surface area contributed by atoms with Crippen molar-refractivity contribution in [2.75, 3.05) is 13.7 Å². The van der Waals surface area contributed by atoms with Crippen molar-refractivity contribution in [3.8, 4) is 5.75 Å².